The Morgan fingerprint density at radius 1 is 1.00 bits per heavy atom. The molecular weight excluding hydrogens is 415 g/mol. The van der Waals surface area contributed by atoms with Crippen molar-refractivity contribution < 1.29 is 14.0 Å². The van der Waals surface area contributed by atoms with E-state index in [9.17, 15) is 14.0 Å². The highest BCUT2D eigenvalue weighted by Crippen LogP contribution is 2.23. The van der Waals surface area contributed by atoms with Crippen LogP contribution in [0.15, 0.2) is 48.5 Å². The molecule has 0 aromatic heterocycles. The van der Waals surface area contributed by atoms with E-state index in [1.54, 1.807) is 24.0 Å². The lowest BCUT2D eigenvalue weighted by Crippen LogP contribution is -2.49. The highest BCUT2D eigenvalue weighted by Gasteiger charge is 2.28. The molecule has 33 heavy (non-hydrogen) atoms. The van der Waals surface area contributed by atoms with Crippen LogP contribution in [0.3, 0.4) is 0 Å². The number of aryl methyl sites for hydroxylation is 1. The summed E-state index contributed by atoms with van der Waals surface area (Å²) in [5.41, 5.74) is 3.25. The summed E-state index contributed by atoms with van der Waals surface area (Å²) >= 11 is 0. The first-order chi connectivity index (χ1) is 15.6. The van der Waals surface area contributed by atoms with Crippen LogP contribution in [-0.4, -0.2) is 28.8 Å². The van der Waals surface area contributed by atoms with E-state index in [4.69, 9.17) is 0 Å². The third-order valence-electron chi connectivity index (χ3n) is 6.58. The topological polar surface area (TPSA) is 49.4 Å². The number of carbonyl (C=O) groups excluding carboxylic acids is 2. The minimum absolute atomic E-state index is 0.0757. The molecule has 0 saturated heterocycles. The number of halogens is 1. The molecule has 3 rings (SSSR count). The number of benzene rings is 2. The molecular formula is C28H37FN2O2. The van der Waals surface area contributed by atoms with Gasteiger partial charge in [-0.2, -0.15) is 0 Å². The molecule has 1 fully saturated rings. The van der Waals surface area contributed by atoms with Crippen molar-refractivity contribution in [2.24, 2.45) is 0 Å². The van der Waals surface area contributed by atoms with Crippen molar-refractivity contribution in [3.63, 3.8) is 0 Å². The van der Waals surface area contributed by atoms with E-state index >= 15 is 0 Å². The molecule has 1 aliphatic rings. The van der Waals surface area contributed by atoms with E-state index in [1.807, 2.05) is 0 Å². The maximum absolute atomic E-state index is 13.4. The molecule has 0 radical (unpaired) electrons. The molecule has 0 heterocycles. The van der Waals surface area contributed by atoms with Crippen LogP contribution in [0.2, 0.25) is 0 Å². The summed E-state index contributed by atoms with van der Waals surface area (Å²) in [4.78, 5) is 27.8. The fourth-order valence-electron chi connectivity index (χ4n) is 4.33. The van der Waals surface area contributed by atoms with Crippen molar-refractivity contribution in [3.05, 3.63) is 71.0 Å². The van der Waals surface area contributed by atoms with Gasteiger partial charge in [0.25, 0.3) is 0 Å². The highest BCUT2D eigenvalue weighted by molar-refractivity contribution is 5.87. The van der Waals surface area contributed by atoms with Crippen LogP contribution < -0.4 is 5.32 Å². The molecule has 4 nitrogen and oxygen atoms in total. The Hall–Kier alpha value is -2.69. The van der Waals surface area contributed by atoms with Crippen molar-refractivity contribution in [3.8, 4) is 0 Å². The molecule has 0 unspecified atom stereocenters. The van der Waals surface area contributed by atoms with E-state index in [-0.39, 0.29) is 35.6 Å². The summed E-state index contributed by atoms with van der Waals surface area (Å²) in [7, 11) is 0. The first-order valence-electron chi connectivity index (χ1n) is 12.1. The van der Waals surface area contributed by atoms with Crippen LogP contribution in [-0.2, 0) is 28.0 Å². The van der Waals surface area contributed by atoms with Crippen molar-refractivity contribution in [2.75, 3.05) is 0 Å². The van der Waals surface area contributed by atoms with Crippen LogP contribution in [0.1, 0.15) is 76.5 Å². The first kappa shape index (κ1) is 24.9. The Labute approximate surface area is 197 Å². The second-order valence-electron chi connectivity index (χ2n) is 10.3. The van der Waals surface area contributed by atoms with E-state index in [1.165, 1.54) is 17.7 Å². The number of carbonyl (C=O) groups is 2. The SMILES string of the molecule is C[C@H](C(=O)NC1CCCC1)N(Cc1ccc(F)cc1)C(=O)CCc1ccc(C(C)(C)C)cc1. The second kappa shape index (κ2) is 11.0. The van der Waals surface area contributed by atoms with Gasteiger partial charge in [-0.1, -0.05) is 70.0 Å². The number of hydrogen-bond donors (Lipinski definition) is 1. The van der Waals surface area contributed by atoms with Crippen LogP contribution in [0.4, 0.5) is 4.39 Å². The van der Waals surface area contributed by atoms with Gasteiger partial charge < -0.3 is 10.2 Å². The maximum atomic E-state index is 13.4. The molecule has 1 N–H and O–H groups in total. The second-order valence-corrected chi connectivity index (χ2v) is 10.3. The lowest BCUT2D eigenvalue weighted by atomic mass is 9.86. The average molecular weight is 453 g/mol. The zero-order valence-corrected chi connectivity index (χ0v) is 20.4. The van der Waals surface area contributed by atoms with E-state index in [0.29, 0.717) is 12.8 Å². The standard InChI is InChI=1S/C28H37FN2O2/c1-20(27(33)30-25-7-5-6-8-25)31(19-22-11-16-24(29)17-12-22)26(32)18-13-21-9-14-23(15-10-21)28(2,3)4/h9-12,14-17,20,25H,5-8,13,18-19H2,1-4H3,(H,30,33)/t20-/m1/s1. The summed E-state index contributed by atoms with van der Waals surface area (Å²) in [5.74, 6) is -0.512. The number of nitrogens with one attached hydrogen (secondary N) is 1. The monoisotopic (exact) mass is 452 g/mol. The van der Waals surface area contributed by atoms with E-state index in [0.717, 1.165) is 36.8 Å². The van der Waals surface area contributed by atoms with Gasteiger partial charge >= 0.3 is 0 Å². The van der Waals surface area contributed by atoms with Crippen LogP contribution in [0.25, 0.3) is 0 Å². The molecule has 178 valence electrons. The molecule has 1 aliphatic carbocycles. The Morgan fingerprint density at radius 3 is 2.15 bits per heavy atom. The predicted octanol–water partition coefficient (Wildman–Crippen LogP) is 5.53. The normalized spacial score (nSPS) is 15.3. The molecule has 1 saturated carbocycles. The Bertz CT molecular complexity index is 926. The number of amides is 2. The Kier molecular flexibility index (Phi) is 8.28. The Balaban J connectivity index is 1.69. The summed E-state index contributed by atoms with van der Waals surface area (Å²) < 4.78 is 13.4. The number of nitrogens with zero attached hydrogens (tertiary/aromatic N) is 1. The molecule has 0 spiro atoms. The third kappa shape index (κ3) is 7.15. The Morgan fingerprint density at radius 2 is 1.58 bits per heavy atom. The molecule has 2 aromatic carbocycles. The molecule has 5 heteroatoms. The number of hydrogen-bond acceptors (Lipinski definition) is 2. The van der Waals surface area contributed by atoms with Crippen molar-refractivity contribution in [2.45, 2.75) is 90.3 Å². The van der Waals surface area contributed by atoms with Gasteiger partial charge in [0.2, 0.25) is 11.8 Å². The summed E-state index contributed by atoms with van der Waals surface area (Å²) in [5, 5.41) is 3.11. The van der Waals surface area contributed by atoms with Gasteiger partial charge in [0.15, 0.2) is 0 Å². The lowest BCUT2D eigenvalue weighted by molar-refractivity contribution is -0.140. The van der Waals surface area contributed by atoms with Gasteiger partial charge in [-0.15, -0.1) is 0 Å². The number of rotatable bonds is 8. The fourth-order valence-corrected chi connectivity index (χ4v) is 4.33. The van der Waals surface area contributed by atoms with Gasteiger partial charge in [0, 0.05) is 19.0 Å². The minimum atomic E-state index is -0.591. The van der Waals surface area contributed by atoms with Gasteiger partial charge in [-0.25, -0.2) is 4.39 Å². The zero-order valence-electron chi connectivity index (χ0n) is 20.4. The average Bonchev–Trinajstić information content (AvgIpc) is 3.29. The maximum Gasteiger partial charge on any atom is 0.242 e. The molecule has 1 atom stereocenters. The van der Waals surface area contributed by atoms with E-state index < -0.39 is 6.04 Å². The van der Waals surface area contributed by atoms with Gasteiger partial charge in [0.05, 0.1) is 0 Å². The summed E-state index contributed by atoms with van der Waals surface area (Å²) in [6.07, 6.45) is 5.18. The quantitative estimate of drug-likeness (QED) is 0.572. The fraction of sp³-hybridized carbons (Fsp3) is 0.500. The largest absolute Gasteiger partial charge is 0.352 e. The zero-order chi connectivity index (χ0) is 24.0. The third-order valence-corrected chi connectivity index (χ3v) is 6.58. The van der Waals surface area contributed by atoms with Crippen LogP contribution in [0.5, 0.6) is 0 Å². The van der Waals surface area contributed by atoms with E-state index in [2.05, 4.69) is 50.4 Å². The van der Waals surface area contributed by atoms with Crippen LogP contribution in [0, 0.1) is 5.82 Å². The van der Waals surface area contributed by atoms with Gasteiger partial charge in [-0.3, -0.25) is 9.59 Å². The summed E-state index contributed by atoms with van der Waals surface area (Å²) in [6, 6.07) is 14.1. The van der Waals surface area contributed by atoms with Crippen molar-refractivity contribution in [1.82, 2.24) is 10.2 Å². The smallest absolute Gasteiger partial charge is 0.242 e. The van der Waals surface area contributed by atoms with Crippen molar-refractivity contribution in [1.29, 1.82) is 0 Å². The molecule has 0 aliphatic heterocycles. The summed E-state index contributed by atoms with van der Waals surface area (Å²) in [6.45, 7) is 8.59. The molecule has 2 aromatic rings. The minimum Gasteiger partial charge on any atom is -0.352 e. The van der Waals surface area contributed by atoms with Gasteiger partial charge in [-0.05, 0) is 60.4 Å². The lowest BCUT2D eigenvalue weighted by Gasteiger charge is -2.30. The van der Waals surface area contributed by atoms with Crippen LogP contribution >= 0.6 is 0 Å². The molecule has 0 bridgehead atoms. The predicted molar refractivity (Wildman–Crippen MR) is 130 cm³/mol. The molecule has 2 amide bonds. The van der Waals surface area contributed by atoms with Crippen molar-refractivity contribution >= 4 is 11.8 Å². The first-order valence-corrected chi connectivity index (χ1v) is 12.1. The van der Waals surface area contributed by atoms with Gasteiger partial charge in [0.1, 0.15) is 11.9 Å². The highest BCUT2D eigenvalue weighted by atomic mass is 19.1.